The van der Waals surface area contributed by atoms with E-state index in [9.17, 15) is 0 Å². The predicted molar refractivity (Wildman–Crippen MR) is 69.9 cm³/mol. The molecule has 0 saturated carbocycles. The number of nitrogens with zero attached hydrogens (tertiary/aromatic N) is 2. The first-order valence-electron chi connectivity index (χ1n) is 6.47. The van der Waals surface area contributed by atoms with Crippen molar-refractivity contribution >= 4 is 11.8 Å². The average molecular weight is 255 g/mol. The van der Waals surface area contributed by atoms with Crippen LogP contribution in [-0.2, 0) is 5.75 Å². The number of hydrogen-bond donors (Lipinski definition) is 1. The topological polar surface area (TPSA) is 51.0 Å². The second-order valence-corrected chi connectivity index (χ2v) is 6.01. The highest BCUT2D eigenvalue weighted by Crippen LogP contribution is 2.23. The van der Waals surface area contributed by atoms with E-state index in [2.05, 4.69) is 29.3 Å². The second-order valence-electron chi connectivity index (χ2n) is 4.58. The zero-order chi connectivity index (χ0) is 12.1. The van der Waals surface area contributed by atoms with Gasteiger partial charge in [0.1, 0.15) is 0 Å². The van der Waals surface area contributed by atoms with E-state index in [0.29, 0.717) is 5.25 Å². The molecule has 0 amide bonds. The van der Waals surface area contributed by atoms with Gasteiger partial charge < -0.3 is 9.84 Å². The highest BCUT2D eigenvalue weighted by atomic mass is 32.2. The molecule has 5 heteroatoms. The third-order valence-corrected chi connectivity index (χ3v) is 4.49. The fourth-order valence-corrected chi connectivity index (χ4v) is 2.65. The van der Waals surface area contributed by atoms with Gasteiger partial charge in [0, 0.05) is 5.25 Å². The summed E-state index contributed by atoms with van der Waals surface area (Å²) in [7, 11) is 0. The highest BCUT2D eigenvalue weighted by Gasteiger charge is 2.20. The minimum absolute atomic E-state index is 0.276. The number of rotatable bonds is 5. The van der Waals surface area contributed by atoms with Gasteiger partial charge in [-0.3, -0.25) is 0 Å². The minimum Gasteiger partial charge on any atom is -0.338 e. The van der Waals surface area contributed by atoms with Crippen LogP contribution in [0.5, 0.6) is 0 Å². The fourth-order valence-electron chi connectivity index (χ4n) is 1.86. The molecule has 1 fully saturated rings. The van der Waals surface area contributed by atoms with Gasteiger partial charge in [-0.05, 0) is 25.8 Å². The van der Waals surface area contributed by atoms with Gasteiger partial charge in [-0.1, -0.05) is 25.4 Å². The monoisotopic (exact) mass is 255 g/mol. The molecule has 1 aliphatic heterocycles. The van der Waals surface area contributed by atoms with Crippen molar-refractivity contribution in [3.05, 3.63) is 11.7 Å². The zero-order valence-electron chi connectivity index (χ0n) is 10.6. The Balaban J connectivity index is 1.86. The van der Waals surface area contributed by atoms with Crippen LogP contribution in [0.25, 0.3) is 0 Å². The van der Waals surface area contributed by atoms with Crippen LogP contribution in [0.2, 0.25) is 0 Å². The Bertz CT molecular complexity index is 336. The van der Waals surface area contributed by atoms with E-state index < -0.39 is 0 Å². The van der Waals surface area contributed by atoms with Gasteiger partial charge in [-0.25, -0.2) is 0 Å². The maximum Gasteiger partial charge on any atom is 0.243 e. The van der Waals surface area contributed by atoms with Gasteiger partial charge in [-0.2, -0.15) is 16.7 Å². The number of aromatic nitrogens is 2. The molecule has 1 N–H and O–H groups in total. The molecule has 2 atom stereocenters. The van der Waals surface area contributed by atoms with Crippen LogP contribution in [-0.4, -0.2) is 21.9 Å². The van der Waals surface area contributed by atoms with Crippen molar-refractivity contribution in [1.82, 2.24) is 15.5 Å². The number of nitrogens with one attached hydrogen (secondary N) is 1. The van der Waals surface area contributed by atoms with Crippen LogP contribution in [0, 0.1) is 0 Å². The molecule has 17 heavy (non-hydrogen) atoms. The van der Waals surface area contributed by atoms with Crippen LogP contribution in [0.15, 0.2) is 4.52 Å². The van der Waals surface area contributed by atoms with Crippen LogP contribution in [0.3, 0.4) is 0 Å². The van der Waals surface area contributed by atoms with Gasteiger partial charge in [-0.15, -0.1) is 0 Å². The second kappa shape index (κ2) is 6.40. The lowest BCUT2D eigenvalue weighted by molar-refractivity contribution is 0.296. The first-order valence-corrected chi connectivity index (χ1v) is 7.52. The predicted octanol–water partition coefficient (Wildman–Crippen LogP) is 2.92. The lowest BCUT2D eigenvalue weighted by atomic mass is 10.1. The minimum atomic E-state index is 0.276. The van der Waals surface area contributed by atoms with Gasteiger partial charge in [0.25, 0.3) is 0 Å². The van der Waals surface area contributed by atoms with Crippen molar-refractivity contribution < 1.29 is 4.52 Å². The van der Waals surface area contributed by atoms with E-state index >= 15 is 0 Å². The Kier molecular flexibility index (Phi) is 4.86. The number of thioether (sulfide) groups is 1. The van der Waals surface area contributed by atoms with Crippen LogP contribution in [0.1, 0.15) is 57.3 Å². The quantitative estimate of drug-likeness (QED) is 0.876. The molecule has 0 spiro atoms. The van der Waals surface area contributed by atoms with E-state index in [4.69, 9.17) is 4.52 Å². The van der Waals surface area contributed by atoms with Crippen molar-refractivity contribution in [2.24, 2.45) is 0 Å². The summed E-state index contributed by atoms with van der Waals surface area (Å²) in [6.45, 7) is 5.49. The first-order chi connectivity index (χ1) is 8.29. The van der Waals surface area contributed by atoms with E-state index in [-0.39, 0.29) is 6.04 Å². The number of piperidine rings is 1. The molecule has 4 nitrogen and oxygen atoms in total. The third kappa shape index (κ3) is 3.71. The van der Waals surface area contributed by atoms with Crippen molar-refractivity contribution in [3.8, 4) is 0 Å². The van der Waals surface area contributed by atoms with Crippen molar-refractivity contribution in [3.63, 3.8) is 0 Å². The molecule has 2 rings (SSSR count). The number of hydrogen-bond acceptors (Lipinski definition) is 5. The normalized spacial score (nSPS) is 22.6. The Morgan fingerprint density at radius 2 is 2.41 bits per heavy atom. The smallest absolute Gasteiger partial charge is 0.243 e. The molecule has 1 saturated heterocycles. The summed E-state index contributed by atoms with van der Waals surface area (Å²) in [6, 6.07) is 0.276. The molecular weight excluding hydrogens is 234 g/mol. The largest absolute Gasteiger partial charge is 0.338 e. The highest BCUT2D eigenvalue weighted by molar-refractivity contribution is 7.99. The molecule has 1 unspecified atom stereocenters. The summed E-state index contributed by atoms with van der Waals surface area (Å²) in [5.74, 6) is 2.45. The standard InChI is InChI=1S/C12H21N3OS/c1-3-9(2)17-8-11-14-12(16-15-11)10-6-4-5-7-13-10/h9-10,13H,3-8H2,1-2H3/t9?,10-/m0/s1. The molecule has 1 aliphatic rings. The molecular formula is C12H21N3OS. The maximum absolute atomic E-state index is 5.33. The molecule has 0 radical (unpaired) electrons. The Labute approximate surface area is 107 Å². The Morgan fingerprint density at radius 1 is 1.53 bits per heavy atom. The van der Waals surface area contributed by atoms with Crippen LogP contribution >= 0.6 is 11.8 Å². The molecule has 1 aromatic heterocycles. The van der Waals surface area contributed by atoms with Gasteiger partial charge >= 0.3 is 0 Å². The van der Waals surface area contributed by atoms with E-state index in [1.54, 1.807) is 0 Å². The molecule has 0 aromatic carbocycles. The summed E-state index contributed by atoms with van der Waals surface area (Å²) in [5.41, 5.74) is 0. The zero-order valence-corrected chi connectivity index (χ0v) is 11.4. The molecule has 1 aromatic rings. The SMILES string of the molecule is CCC(C)SCc1noc([C@@H]2CCCCN2)n1. The van der Waals surface area contributed by atoms with Gasteiger partial charge in [0.05, 0.1) is 11.8 Å². The van der Waals surface area contributed by atoms with Crippen molar-refractivity contribution in [2.45, 2.75) is 56.6 Å². The van der Waals surface area contributed by atoms with Gasteiger partial charge in [0.15, 0.2) is 5.82 Å². The van der Waals surface area contributed by atoms with E-state index in [0.717, 1.165) is 30.4 Å². The lowest BCUT2D eigenvalue weighted by Gasteiger charge is -2.19. The van der Waals surface area contributed by atoms with Crippen LogP contribution in [0.4, 0.5) is 0 Å². The molecule has 0 aliphatic carbocycles. The summed E-state index contributed by atoms with van der Waals surface area (Å²) in [6.07, 6.45) is 4.79. The summed E-state index contributed by atoms with van der Waals surface area (Å²) < 4.78 is 5.33. The third-order valence-electron chi connectivity index (χ3n) is 3.16. The lowest BCUT2D eigenvalue weighted by Crippen LogP contribution is -2.26. The molecule has 0 bridgehead atoms. The Morgan fingerprint density at radius 3 is 3.12 bits per heavy atom. The van der Waals surface area contributed by atoms with E-state index in [1.165, 1.54) is 19.3 Å². The van der Waals surface area contributed by atoms with Crippen molar-refractivity contribution in [2.75, 3.05) is 6.54 Å². The van der Waals surface area contributed by atoms with Crippen molar-refractivity contribution in [1.29, 1.82) is 0 Å². The summed E-state index contributed by atoms with van der Waals surface area (Å²) in [4.78, 5) is 4.48. The average Bonchev–Trinajstić information content (AvgIpc) is 2.86. The van der Waals surface area contributed by atoms with E-state index in [1.807, 2.05) is 11.8 Å². The Hall–Kier alpha value is -0.550. The molecule has 96 valence electrons. The summed E-state index contributed by atoms with van der Waals surface area (Å²) >= 11 is 1.88. The first kappa shape index (κ1) is 12.9. The maximum atomic E-state index is 5.33. The van der Waals surface area contributed by atoms with Gasteiger partial charge in [0.2, 0.25) is 5.89 Å². The van der Waals surface area contributed by atoms with Crippen LogP contribution < -0.4 is 5.32 Å². The molecule has 2 heterocycles. The fraction of sp³-hybridized carbons (Fsp3) is 0.833. The summed E-state index contributed by atoms with van der Waals surface area (Å²) in [5, 5.41) is 8.13.